The number of rotatable bonds is 6. The normalized spacial score (nSPS) is 13.7. The Hall–Kier alpha value is -2.64. The van der Waals surface area contributed by atoms with E-state index >= 15 is 0 Å². The average Bonchev–Trinajstić information content (AvgIpc) is 2.67. The fourth-order valence-electron chi connectivity index (χ4n) is 3.28. The van der Waals surface area contributed by atoms with Crippen LogP contribution in [-0.2, 0) is 13.0 Å². The molecule has 0 bridgehead atoms. The summed E-state index contributed by atoms with van der Waals surface area (Å²) in [5.74, 6) is -0.352. The molecule has 2 aromatic carbocycles. The van der Waals surface area contributed by atoms with E-state index in [4.69, 9.17) is 11.6 Å². The number of halogens is 1. The van der Waals surface area contributed by atoms with Gasteiger partial charge in [0.2, 0.25) is 0 Å². The van der Waals surface area contributed by atoms with Gasteiger partial charge in [0.1, 0.15) is 5.69 Å². The number of nitro benzene ring substituents is 1. The first-order valence-corrected chi connectivity index (χ1v) is 9.10. The van der Waals surface area contributed by atoms with E-state index in [1.54, 1.807) is 12.1 Å². The zero-order valence-corrected chi connectivity index (χ0v) is 15.8. The molecule has 1 heterocycles. The number of anilines is 1. The maximum Gasteiger partial charge on any atom is 0.293 e. The zero-order valence-electron chi connectivity index (χ0n) is 15.0. The Labute approximate surface area is 162 Å². The van der Waals surface area contributed by atoms with Crippen molar-refractivity contribution in [3.05, 3.63) is 68.2 Å². The van der Waals surface area contributed by atoms with Crippen molar-refractivity contribution >= 4 is 28.9 Å². The molecule has 8 heteroatoms. The third-order valence-corrected chi connectivity index (χ3v) is 5.07. The van der Waals surface area contributed by atoms with Gasteiger partial charge in [-0.25, -0.2) is 0 Å². The molecule has 27 heavy (non-hydrogen) atoms. The molecule has 1 aliphatic heterocycles. The van der Waals surface area contributed by atoms with Crippen molar-refractivity contribution in [3.63, 3.8) is 0 Å². The molecule has 0 unspecified atom stereocenters. The lowest BCUT2D eigenvalue weighted by Gasteiger charge is -2.29. The molecule has 0 spiro atoms. The van der Waals surface area contributed by atoms with E-state index < -0.39 is 4.92 Å². The number of carbonyl (C=O) groups excluding carboxylic acids is 1. The minimum atomic E-state index is -0.478. The smallest absolute Gasteiger partial charge is 0.293 e. The van der Waals surface area contributed by atoms with Gasteiger partial charge in [-0.05, 0) is 35.7 Å². The SMILES string of the molecule is CNC(=O)c1ccc(NCCN2CCc3c(Cl)cccc3C2)c([N+](=O)[O-])c1. The van der Waals surface area contributed by atoms with Gasteiger partial charge in [-0.3, -0.25) is 19.8 Å². The summed E-state index contributed by atoms with van der Waals surface area (Å²) in [5.41, 5.74) is 3.01. The standard InChI is InChI=1S/C19H21ClN4O3/c1-21-19(25)13-5-6-17(18(11-13)24(26)27)22-8-10-23-9-7-15-14(12-23)3-2-4-16(15)20/h2-6,11,22H,7-10,12H2,1H3,(H,21,25). The van der Waals surface area contributed by atoms with Gasteiger partial charge in [-0.2, -0.15) is 0 Å². The van der Waals surface area contributed by atoms with Crippen LogP contribution in [-0.4, -0.2) is 42.4 Å². The maximum absolute atomic E-state index is 11.7. The summed E-state index contributed by atoms with van der Waals surface area (Å²) in [5, 5.41) is 17.7. The molecule has 142 valence electrons. The van der Waals surface area contributed by atoms with Crippen LogP contribution in [0.25, 0.3) is 0 Å². The molecule has 1 aliphatic rings. The third-order valence-electron chi connectivity index (χ3n) is 4.72. The highest BCUT2D eigenvalue weighted by Crippen LogP contribution is 2.27. The predicted octanol–water partition coefficient (Wildman–Crippen LogP) is 3.08. The third kappa shape index (κ3) is 4.37. The highest BCUT2D eigenvalue weighted by atomic mass is 35.5. The Balaban J connectivity index is 1.62. The summed E-state index contributed by atoms with van der Waals surface area (Å²) in [4.78, 5) is 24.8. The van der Waals surface area contributed by atoms with Crippen molar-refractivity contribution in [1.82, 2.24) is 10.2 Å². The second-order valence-electron chi connectivity index (χ2n) is 6.40. The van der Waals surface area contributed by atoms with E-state index in [-0.39, 0.29) is 17.2 Å². The second-order valence-corrected chi connectivity index (χ2v) is 6.81. The van der Waals surface area contributed by atoms with Crippen LogP contribution in [0.2, 0.25) is 5.02 Å². The molecule has 0 saturated carbocycles. The molecular weight excluding hydrogens is 368 g/mol. The molecule has 0 aromatic heterocycles. The minimum absolute atomic E-state index is 0.105. The van der Waals surface area contributed by atoms with Crippen molar-refractivity contribution in [3.8, 4) is 0 Å². The monoisotopic (exact) mass is 388 g/mol. The summed E-state index contributed by atoms with van der Waals surface area (Å²) >= 11 is 6.24. The van der Waals surface area contributed by atoms with E-state index in [0.717, 1.165) is 31.1 Å². The average molecular weight is 389 g/mol. The topological polar surface area (TPSA) is 87.5 Å². The van der Waals surface area contributed by atoms with Crippen molar-refractivity contribution in [2.24, 2.45) is 0 Å². The van der Waals surface area contributed by atoms with Crippen LogP contribution in [0.3, 0.4) is 0 Å². The van der Waals surface area contributed by atoms with E-state index in [1.165, 1.54) is 24.2 Å². The quantitative estimate of drug-likeness (QED) is 0.586. The Morgan fingerprint density at radius 2 is 2.15 bits per heavy atom. The van der Waals surface area contributed by atoms with Gasteiger partial charge in [0, 0.05) is 49.9 Å². The van der Waals surface area contributed by atoms with Gasteiger partial charge in [0.25, 0.3) is 11.6 Å². The summed E-state index contributed by atoms with van der Waals surface area (Å²) in [6.45, 7) is 3.03. The van der Waals surface area contributed by atoms with Crippen molar-refractivity contribution in [1.29, 1.82) is 0 Å². The number of carbonyl (C=O) groups is 1. The van der Waals surface area contributed by atoms with Gasteiger partial charge in [-0.15, -0.1) is 0 Å². The molecule has 7 nitrogen and oxygen atoms in total. The summed E-state index contributed by atoms with van der Waals surface area (Å²) in [7, 11) is 1.49. The van der Waals surface area contributed by atoms with Gasteiger partial charge < -0.3 is 10.6 Å². The van der Waals surface area contributed by atoms with Crippen LogP contribution in [0.15, 0.2) is 36.4 Å². The van der Waals surface area contributed by atoms with Gasteiger partial charge in [-0.1, -0.05) is 23.7 Å². The van der Waals surface area contributed by atoms with E-state index in [9.17, 15) is 14.9 Å². The molecule has 0 fully saturated rings. The lowest BCUT2D eigenvalue weighted by Crippen LogP contribution is -2.34. The van der Waals surface area contributed by atoms with Crippen LogP contribution >= 0.6 is 11.6 Å². The maximum atomic E-state index is 11.7. The molecule has 2 aromatic rings. The summed E-state index contributed by atoms with van der Waals surface area (Å²) < 4.78 is 0. The van der Waals surface area contributed by atoms with Gasteiger partial charge in [0.15, 0.2) is 0 Å². The first kappa shape index (κ1) is 19.1. The fraction of sp³-hybridized carbons (Fsp3) is 0.316. The predicted molar refractivity (Wildman–Crippen MR) is 105 cm³/mol. The molecule has 0 atom stereocenters. The molecule has 3 rings (SSSR count). The first-order valence-electron chi connectivity index (χ1n) is 8.72. The molecule has 0 radical (unpaired) electrons. The van der Waals surface area contributed by atoms with Crippen LogP contribution in [0, 0.1) is 10.1 Å². The highest BCUT2D eigenvalue weighted by Gasteiger charge is 2.19. The van der Waals surface area contributed by atoms with E-state index in [1.807, 2.05) is 12.1 Å². The van der Waals surface area contributed by atoms with Crippen LogP contribution in [0.4, 0.5) is 11.4 Å². The number of fused-ring (bicyclic) bond motifs is 1. The number of nitrogens with zero attached hydrogens (tertiary/aromatic N) is 2. The number of benzene rings is 2. The number of hydrogen-bond acceptors (Lipinski definition) is 5. The second kappa shape index (κ2) is 8.37. The number of nitrogens with one attached hydrogen (secondary N) is 2. The molecule has 1 amide bonds. The van der Waals surface area contributed by atoms with E-state index in [2.05, 4.69) is 21.6 Å². The lowest BCUT2D eigenvalue weighted by atomic mass is 10.00. The number of hydrogen-bond donors (Lipinski definition) is 2. The van der Waals surface area contributed by atoms with Crippen molar-refractivity contribution < 1.29 is 9.72 Å². The van der Waals surface area contributed by atoms with Crippen molar-refractivity contribution in [2.45, 2.75) is 13.0 Å². The van der Waals surface area contributed by atoms with Crippen LogP contribution < -0.4 is 10.6 Å². The zero-order chi connectivity index (χ0) is 19.4. The molecular formula is C19H21ClN4O3. The summed E-state index contributed by atoms with van der Waals surface area (Å²) in [6.07, 6.45) is 0.899. The Morgan fingerprint density at radius 3 is 2.89 bits per heavy atom. The van der Waals surface area contributed by atoms with Crippen LogP contribution in [0.1, 0.15) is 21.5 Å². The fourth-order valence-corrected chi connectivity index (χ4v) is 3.57. The van der Waals surface area contributed by atoms with Crippen LogP contribution in [0.5, 0.6) is 0 Å². The van der Waals surface area contributed by atoms with E-state index in [0.29, 0.717) is 12.2 Å². The largest absolute Gasteiger partial charge is 0.378 e. The Bertz CT molecular complexity index is 872. The van der Waals surface area contributed by atoms with Crippen molar-refractivity contribution in [2.75, 3.05) is 32.0 Å². The molecule has 0 aliphatic carbocycles. The Morgan fingerprint density at radius 1 is 1.33 bits per heavy atom. The Kier molecular flexibility index (Phi) is 5.93. The number of amides is 1. The highest BCUT2D eigenvalue weighted by molar-refractivity contribution is 6.31. The molecule has 0 saturated heterocycles. The lowest BCUT2D eigenvalue weighted by molar-refractivity contribution is -0.384. The summed E-state index contributed by atoms with van der Waals surface area (Å²) in [6, 6.07) is 10.4. The number of nitro groups is 1. The first-order chi connectivity index (χ1) is 13.0. The molecule has 2 N–H and O–H groups in total. The van der Waals surface area contributed by atoms with Gasteiger partial charge >= 0.3 is 0 Å². The van der Waals surface area contributed by atoms with Gasteiger partial charge in [0.05, 0.1) is 4.92 Å². The minimum Gasteiger partial charge on any atom is -0.378 e.